The molecular formula is C21H28N2O7. The smallest absolute Gasteiger partial charge is 0.360 e. The van der Waals surface area contributed by atoms with Gasteiger partial charge in [0.15, 0.2) is 6.29 Å². The molecule has 164 valence electrons. The van der Waals surface area contributed by atoms with Crippen LogP contribution in [0.4, 0.5) is 5.69 Å². The molecule has 1 aromatic heterocycles. The molecule has 9 nitrogen and oxygen atoms in total. The highest BCUT2D eigenvalue weighted by atomic mass is 16.7. The van der Waals surface area contributed by atoms with Crippen molar-refractivity contribution < 1.29 is 28.2 Å². The number of amides is 1. The first-order valence-electron chi connectivity index (χ1n) is 9.45. The fraction of sp³-hybridized carbons (Fsp3) is 0.476. The molecule has 0 saturated heterocycles. The summed E-state index contributed by atoms with van der Waals surface area (Å²) in [4.78, 5) is 35.0. The normalized spacial score (nSPS) is 13.7. The minimum Gasteiger partial charge on any atom is -0.457 e. The van der Waals surface area contributed by atoms with Crippen LogP contribution < -0.4 is 21.0 Å². The summed E-state index contributed by atoms with van der Waals surface area (Å²) in [5, 5.41) is 6.04. The second kappa shape index (κ2) is 9.84. The number of ether oxygens (including phenoxy) is 3. The van der Waals surface area contributed by atoms with Gasteiger partial charge in [0.25, 0.3) is 6.29 Å². The van der Waals surface area contributed by atoms with Gasteiger partial charge in [-0.25, -0.2) is 4.79 Å². The largest absolute Gasteiger partial charge is 0.457 e. The van der Waals surface area contributed by atoms with Gasteiger partial charge in [-0.2, -0.15) is 0 Å². The fourth-order valence-corrected chi connectivity index (χ4v) is 3.09. The van der Waals surface area contributed by atoms with E-state index in [-0.39, 0.29) is 17.7 Å². The van der Waals surface area contributed by atoms with Crippen molar-refractivity contribution in [3.63, 3.8) is 0 Å². The first-order valence-corrected chi connectivity index (χ1v) is 9.45. The minimum absolute atomic E-state index is 0.0501. The number of nitrogens with one attached hydrogen (secondary N) is 2. The number of hydrogen-bond donors (Lipinski definition) is 2. The fourth-order valence-electron chi connectivity index (χ4n) is 3.09. The molecule has 1 amide bonds. The Hall–Kier alpha value is -2.75. The molecule has 2 N–H and O–H groups in total. The van der Waals surface area contributed by atoms with Crippen LogP contribution in [0.3, 0.4) is 0 Å². The van der Waals surface area contributed by atoms with Gasteiger partial charge < -0.3 is 29.3 Å². The molecular weight excluding hydrogens is 392 g/mol. The lowest BCUT2D eigenvalue weighted by atomic mass is 10.0. The molecule has 0 radical (unpaired) electrons. The number of carbonyl (C=O) groups excluding carboxylic acids is 2. The van der Waals surface area contributed by atoms with Gasteiger partial charge in [-0.05, 0) is 46.0 Å². The molecule has 1 aromatic carbocycles. The van der Waals surface area contributed by atoms with E-state index < -0.39 is 17.5 Å². The summed E-state index contributed by atoms with van der Waals surface area (Å²) >= 11 is 0. The molecule has 1 heterocycles. The SMILES string of the molecule is CNC[C@@H](OC)C(C)(C)O[C@H](C=O)Oc1ccc2cc(NC(C)=O)c(=O)oc2c1C. The quantitative estimate of drug-likeness (QED) is 0.341. The molecule has 9 heteroatoms. The van der Waals surface area contributed by atoms with Crippen LogP contribution in [0.15, 0.2) is 27.4 Å². The van der Waals surface area contributed by atoms with Gasteiger partial charge in [0.05, 0.1) is 11.7 Å². The van der Waals surface area contributed by atoms with Gasteiger partial charge in [0.2, 0.25) is 5.91 Å². The molecule has 0 aliphatic rings. The van der Waals surface area contributed by atoms with Crippen LogP contribution in [0.1, 0.15) is 26.3 Å². The van der Waals surface area contributed by atoms with Crippen molar-refractivity contribution in [1.82, 2.24) is 5.32 Å². The van der Waals surface area contributed by atoms with Crippen molar-refractivity contribution in [2.45, 2.75) is 45.7 Å². The maximum Gasteiger partial charge on any atom is 0.360 e. The summed E-state index contributed by atoms with van der Waals surface area (Å²) < 4.78 is 22.4. The maximum atomic E-state index is 12.1. The zero-order valence-electron chi connectivity index (χ0n) is 18.0. The van der Waals surface area contributed by atoms with E-state index in [1.54, 1.807) is 47.1 Å². The van der Waals surface area contributed by atoms with E-state index in [4.69, 9.17) is 18.6 Å². The van der Waals surface area contributed by atoms with Crippen LogP contribution >= 0.6 is 0 Å². The number of fused-ring (bicyclic) bond motifs is 1. The molecule has 0 aliphatic heterocycles. The Labute approximate surface area is 174 Å². The summed E-state index contributed by atoms with van der Waals surface area (Å²) in [5.41, 5.74) is -0.647. The standard InChI is InChI=1S/C21H28N2O7/c1-12-16(28-18(11-24)30-21(3,4)17(27-6)10-22-5)8-7-14-9-15(23-13(2)25)20(26)29-19(12)14/h7-9,11,17-18,22H,10H2,1-6H3,(H,23,25)/t17-,18-/m1/s1. The molecule has 2 atom stereocenters. The molecule has 0 unspecified atom stereocenters. The lowest BCUT2D eigenvalue weighted by molar-refractivity contribution is -0.194. The predicted molar refractivity (Wildman–Crippen MR) is 112 cm³/mol. The summed E-state index contributed by atoms with van der Waals surface area (Å²) in [6.45, 7) is 7.12. The summed E-state index contributed by atoms with van der Waals surface area (Å²) in [5.74, 6) is -0.0482. The second-order valence-corrected chi connectivity index (χ2v) is 7.36. The Morgan fingerprint density at radius 2 is 2.03 bits per heavy atom. The van der Waals surface area contributed by atoms with Crippen molar-refractivity contribution in [2.24, 2.45) is 0 Å². The van der Waals surface area contributed by atoms with E-state index in [0.717, 1.165) is 0 Å². The number of methoxy groups -OCH3 is 1. The maximum absolute atomic E-state index is 12.1. The lowest BCUT2D eigenvalue weighted by Crippen LogP contribution is -2.49. The summed E-state index contributed by atoms with van der Waals surface area (Å²) in [6, 6.07) is 4.83. The third-order valence-electron chi connectivity index (χ3n) is 4.64. The van der Waals surface area contributed by atoms with Crippen LogP contribution in [-0.2, 0) is 19.1 Å². The van der Waals surface area contributed by atoms with Crippen LogP contribution in [0, 0.1) is 6.92 Å². The highest BCUT2D eigenvalue weighted by molar-refractivity contribution is 5.91. The average molecular weight is 420 g/mol. The minimum atomic E-state index is -1.20. The van der Waals surface area contributed by atoms with E-state index in [1.807, 2.05) is 0 Å². The van der Waals surface area contributed by atoms with Crippen molar-refractivity contribution in [2.75, 3.05) is 26.0 Å². The Bertz CT molecular complexity index is 968. The zero-order chi connectivity index (χ0) is 22.5. The summed E-state index contributed by atoms with van der Waals surface area (Å²) in [7, 11) is 3.36. The molecule has 0 spiro atoms. The van der Waals surface area contributed by atoms with E-state index >= 15 is 0 Å². The second-order valence-electron chi connectivity index (χ2n) is 7.36. The van der Waals surface area contributed by atoms with E-state index in [0.29, 0.717) is 35.1 Å². The van der Waals surface area contributed by atoms with Gasteiger partial charge in [-0.15, -0.1) is 0 Å². The topological polar surface area (TPSA) is 116 Å². The summed E-state index contributed by atoms with van der Waals surface area (Å²) in [6.07, 6.45) is -0.972. The molecule has 2 aromatic rings. The van der Waals surface area contributed by atoms with Gasteiger partial charge in [-0.3, -0.25) is 9.59 Å². The first-order chi connectivity index (χ1) is 14.1. The monoisotopic (exact) mass is 420 g/mol. The zero-order valence-corrected chi connectivity index (χ0v) is 18.0. The van der Waals surface area contributed by atoms with Gasteiger partial charge >= 0.3 is 5.63 Å². The lowest BCUT2D eigenvalue weighted by Gasteiger charge is -2.35. The van der Waals surface area contributed by atoms with Crippen molar-refractivity contribution >= 4 is 28.8 Å². The Morgan fingerprint density at radius 3 is 2.60 bits per heavy atom. The Morgan fingerprint density at radius 1 is 1.33 bits per heavy atom. The van der Waals surface area contributed by atoms with Gasteiger partial charge in [-0.1, -0.05) is 0 Å². The number of aryl methyl sites for hydroxylation is 1. The molecule has 0 fully saturated rings. The van der Waals surface area contributed by atoms with E-state index in [2.05, 4.69) is 10.6 Å². The van der Waals surface area contributed by atoms with Gasteiger partial charge in [0, 0.05) is 31.5 Å². The third-order valence-corrected chi connectivity index (χ3v) is 4.64. The Balaban J connectivity index is 2.31. The van der Waals surface area contributed by atoms with E-state index in [9.17, 15) is 14.4 Å². The van der Waals surface area contributed by atoms with Crippen LogP contribution in [0.5, 0.6) is 5.75 Å². The number of likely N-dealkylation sites (N-methyl/N-ethyl adjacent to an activating group) is 1. The number of carbonyl (C=O) groups is 2. The van der Waals surface area contributed by atoms with Crippen molar-refractivity contribution in [3.8, 4) is 5.75 Å². The number of anilines is 1. The Kier molecular flexibility index (Phi) is 7.71. The third kappa shape index (κ3) is 5.44. The van der Waals surface area contributed by atoms with E-state index in [1.165, 1.54) is 13.0 Å². The highest BCUT2D eigenvalue weighted by Crippen LogP contribution is 2.29. The number of benzene rings is 1. The number of rotatable bonds is 10. The average Bonchev–Trinajstić information content (AvgIpc) is 2.68. The predicted octanol–water partition coefficient (Wildman–Crippen LogP) is 1.99. The molecule has 30 heavy (non-hydrogen) atoms. The molecule has 0 aliphatic carbocycles. The van der Waals surface area contributed by atoms with Crippen LogP contribution in [-0.4, -0.2) is 50.9 Å². The van der Waals surface area contributed by atoms with Crippen molar-refractivity contribution in [3.05, 3.63) is 34.2 Å². The molecule has 0 saturated carbocycles. The molecule has 2 rings (SSSR count). The number of hydrogen-bond acceptors (Lipinski definition) is 8. The highest BCUT2D eigenvalue weighted by Gasteiger charge is 2.34. The number of aldehydes is 1. The van der Waals surface area contributed by atoms with Crippen LogP contribution in [0.25, 0.3) is 11.0 Å². The van der Waals surface area contributed by atoms with Crippen LogP contribution in [0.2, 0.25) is 0 Å². The van der Waals surface area contributed by atoms with Gasteiger partial charge in [0.1, 0.15) is 17.0 Å². The molecule has 0 bridgehead atoms. The first kappa shape index (κ1) is 23.5. The van der Waals surface area contributed by atoms with Crippen molar-refractivity contribution in [1.29, 1.82) is 0 Å².